The molecule has 0 aromatic rings. The normalized spacial score (nSPS) is 27.4. The van der Waals surface area contributed by atoms with Crippen LogP contribution in [0.15, 0.2) is 0 Å². The van der Waals surface area contributed by atoms with E-state index in [0.29, 0.717) is 12.1 Å². The molecule has 0 radical (unpaired) electrons. The number of nitrogens with zero attached hydrogens (tertiary/aromatic N) is 1. The Bertz CT molecular complexity index is 204. The molecule has 1 aliphatic carbocycles. The van der Waals surface area contributed by atoms with Crippen LogP contribution in [0.25, 0.3) is 0 Å². The van der Waals surface area contributed by atoms with E-state index in [4.69, 9.17) is 4.74 Å². The van der Waals surface area contributed by atoms with Crippen LogP contribution in [0, 0.1) is 0 Å². The smallest absolute Gasteiger partial charge is 0.0586 e. The number of hydrogen-bond donors (Lipinski definition) is 1. The van der Waals surface area contributed by atoms with Crippen LogP contribution < -0.4 is 5.32 Å². The Hall–Kier alpha value is -0.120. The molecule has 1 aliphatic rings. The van der Waals surface area contributed by atoms with Gasteiger partial charge in [-0.05, 0) is 53.6 Å². The molecule has 1 N–H and O–H groups in total. The van der Waals surface area contributed by atoms with Gasteiger partial charge in [0.1, 0.15) is 0 Å². The summed E-state index contributed by atoms with van der Waals surface area (Å²) < 4.78 is 5.45. The number of nitrogens with one attached hydrogen (secondary N) is 1. The molecule has 0 aromatic carbocycles. The Morgan fingerprint density at radius 1 is 1.31 bits per heavy atom. The number of hydrogen-bond acceptors (Lipinski definition) is 3. The van der Waals surface area contributed by atoms with Crippen LogP contribution >= 0.6 is 0 Å². The van der Waals surface area contributed by atoms with Crippen LogP contribution in [-0.4, -0.2) is 50.3 Å². The molecule has 3 heteroatoms. The summed E-state index contributed by atoms with van der Waals surface area (Å²) in [6, 6.07) is 0.637. The van der Waals surface area contributed by atoms with Crippen molar-refractivity contribution in [2.24, 2.45) is 0 Å². The van der Waals surface area contributed by atoms with Gasteiger partial charge in [0.05, 0.1) is 6.10 Å². The summed E-state index contributed by atoms with van der Waals surface area (Å²) in [4.78, 5) is 2.27. The highest BCUT2D eigenvalue weighted by molar-refractivity contribution is 4.84. The summed E-state index contributed by atoms with van der Waals surface area (Å²) in [6.45, 7) is 5.59. The quantitative estimate of drug-likeness (QED) is 0.777. The second kappa shape index (κ2) is 5.99. The van der Waals surface area contributed by atoms with Gasteiger partial charge in [0.2, 0.25) is 0 Å². The summed E-state index contributed by atoms with van der Waals surface area (Å²) in [7, 11) is 6.11. The molecule has 1 saturated carbocycles. The average Bonchev–Trinajstić information content (AvgIpc) is 2.26. The molecule has 0 heterocycles. The molecule has 0 aromatic heterocycles. The minimum atomic E-state index is 0.222. The fourth-order valence-electron chi connectivity index (χ4n) is 2.10. The van der Waals surface area contributed by atoms with Crippen LogP contribution in [0.2, 0.25) is 0 Å². The van der Waals surface area contributed by atoms with E-state index < -0.39 is 0 Å². The minimum Gasteiger partial charge on any atom is -0.381 e. The van der Waals surface area contributed by atoms with Gasteiger partial charge in [0.15, 0.2) is 0 Å². The Labute approximate surface area is 101 Å². The van der Waals surface area contributed by atoms with E-state index in [1.807, 2.05) is 7.11 Å². The van der Waals surface area contributed by atoms with Crippen molar-refractivity contribution >= 4 is 0 Å². The van der Waals surface area contributed by atoms with Gasteiger partial charge < -0.3 is 15.0 Å². The highest BCUT2D eigenvalue weighted by Gasteiger charge is 2.25. The van der Waals surface area contributed by atoms with Crippen molar-refractivity contribution in [3.05, 3.63) is 0 Å². The second-order valence-electron chi connectivity index (χ2n) is 5.81. The summed E-state index contributed by atoms with van der Waals surface area (Å²) in [6.07, 6.45) is 5.45. The Morgan fingerprint density at radius 2 is 2.00 bits per heavy atom. The minimum absolute atomic E-state index is 0.222. The number of methoxy groups -OCH3 is 1. The third kappa shape index (κ3) is 4.04. The molecule has 0 bridgehead atoms. The zero-order chi connectivity index (χ0) is 12.2. The van der Waals surface area contributed by atoms with Gasteiger partial charge in [-0.2, -0.15) is 0 Å². The molecule has 1 fully saturated rings. The summed E-state index contributed by atoms with van der Waals surface area (Å²) in [5.41, 5.74) is 0.222. The van der Waals surface area contributed by atoms with Crippen molar-refractivity contribution in [1.82, 2.24) is 10.2 Å². The van der Waals surface area contributed by atoms with Crippen LogP contribution in [0.4, 0.5) is 0 Å². The summed E-state index contributed by atoms with van der Waals surface area (Å²) in [5.74, 6) is 0. The average molecular weight is 228 g/mol. The molecule has 0 aliphatic heterocycles. The first kappa shape index (κ1) is 13.9. The van der Waals surface area contributed by atoms with Crippen LogP contribution in [-0.2, 0) is 4.74 Å². The van der Waals surface area contributed by atoms with Crippen molar-refractivity contribution in [2.75, 3.05) is 27.7 Å². The van der Waals surface area contributed by atoms with Crippen LogP contribution in [0.1, 0.15) is 39.5 Å². The Morgan fingerprint density at radius 3 is 2.56 bits per heavy atom. The third-order valence-electron chi connectivity index (χ3n) is 3.99. The molecule has 1 rings (SSSR count). The van der Waals surface area contributed by atoms with E-state index in [2.05, 4.69) is 38.2 Å². The zero-order valence-electron chi connectivity index (χ0n) is 11.5. The van der Waals surface area contributed by atoms with Gasteiger partial charge in [-0.25, -0.2) is 0 Å². The van der Waals surface area contributed by atoms with Gasteiger partial charge in [0, 0.05) is 25.2 Å². The maximum Gasteiger partial charge on any atom is 0.0586 e. The predicted octanol–water partition coefficient (Wildman–Crippen LogP) is 1.87. The molecule has 0 saturated heterocycles. The van der Waals surface area contributed by atoms with Gasteiger partial charge in [-0.15, -0.1) is 0 Å². The van der Waals surface area contributed by atoms with E-state index in [-0.39, 0.29) is 5.54 Å². The largest absolute Gasteiger partial charge is 0.381 e. The lowest BCUT2D eigenvalue weighted by Crippen LogP contribution is -2.50. The summed E-state index contributed by atoms with van der Waals surface area (Å²) >= 11 is 0. The van der Waals surface area contributed by atoms with Crippen molar-refractivity contribution in [2.45, 2.75) is 57.2 Å². The standard InChI is InChI=1S/C13H28N2O/c1-13(2,15(3)4)10-14-11-7-6-8-12(9-11)16-5/h11-12,14H,6-10H2,1-5H3. The molecule has 2 atom stereocenters. The monoisotopic (exact) mass is 228 g/mol. The van der Waals surface area contributed by atoms with E-state index >= 15 is 0 Å². The van der Waals surface area contributed by atoms with Gasteiger partial charge >= 0.3 is 0 Å². The SMILES string of the molecule is COC1CCCC(NCC(C)(C)N(C)C)C1. The molecular formula is C13H28N2O. The number of likely N-dealkylation sites (N-methyl/N-ethyl adjacent to an activating group) is 1. The molecule has 96 valence electrons. The maximum atomic E-state index is 5.45. The first-order valence-electron chi connectivity index (χ1n) is 6.39. The second-order valence-corrected chi connectivity index (χ2v) is 5.81. The lowest BCUT2D eigenvalue weighted by Gasteiger charge is -2.36. The zero-order valence-corrected chi connectivity index (χ0v) is 11.5. The fraction of sp³-hybridized carbons (Fsp3) is 1.00. The first-order chi connectivity index (χ1) is 7.45. The maximum absolute atomic E-state index is 5.45. The van der Waals surface area contributed by atoms with E-state index in [9.17, 15) is 0 Å². The topological polar surface area (TPSA) is 24.5 Å². The molecule has 16 heavy (non-hydrogen) atoms. The molecular weight excluding hydrogens is 200 g/mol. The predicted molar refractivity (Wildman–Crippen MR) is 68.8 cm³/mol. The van der Waals surface area contributed by atoms with Gasteiger partial charge in [0.25, 0.3) is 0 Å². The number of ether oxygens (including phenoxy) is 1. The molecule has 3 nitrogen and oxygen atoms in total. The van der Waals surface area contributed by atoms with Crippen LogP contribution in [0.3, 0.4) is 0 Å². The van der Waals surface area contributed by atoms with Crippen molar-refractivity contribution in [1.29, 1.82) is 0 Å². The lowest BCUT2D eigenvalue weighted by molar-refractivity contribution is 0.0559. The highest BCUT2D eigenvalue weighted by atomic mass is 16.5. The van der Waals surface area contributed by atoms with E-state index in [0.717, 1.165) is 6.54 Å². The Balaban J connectivity index is 2.32. The number of rotatable bonds is 5. The summed E-state index contributed by atoms with van der Waals surface area (Å²) in [5, 5.41) is 3.69. The Kier molecular flexibility index (Phi) is 5.22. The fourth-order valence-corrected chi connectivity index (χ4v) is 2.10. The lowest BCUT2D eigenvalue weighted by atomic mass is 9.92. The highest BCUT2D eigenvalue weighted by Crippen LogP contribution is 2.21. The van der Waals surface area contributed by atoms with Gasteiger partial charge in [-0.3, -0.25) is 0 Å². The van der Waals surface area contributed by atoms with Crippen LogP contribution in [0.5, 0.6) is 0 Å². The van der Waals surface area contributed by atoms with Crippen molar-refractivity contribution in [3.8, 4) is 0 Å². The van der Waals surface area contributed by atoms with Gasteiger partial charge in [-0.1, -0.05) is 0 Å². The van der Waals surface area contributed by atoms with Crippen molar-refractivity contribution < 1.29 is 4.74 Å². The third-order valence-corrected chi connectivity index (χ3v) is 3.99. The van der Waals surface area contributed by atoms with E-state index in [1.54, 1.807) is 0 Å². The van der Waals surface area contributed by atoms with E-state index in [1.165, 1.54) is 25.7 Å². The molecule has 0 spiro atoms. The molecule has 0 amide bonds. The first-order valence-corrected chi connectivity index (χ1v) is 6.39. The molecule has 2 unspecified atom stereocenters. The van der Waals surface area contributed by atoms with Crippen molar-refractivity contribution in [3.63, 3.8) is 0 Å².